The molecule has 0 unspecified atom stereocenters. The van der Waals surface area contributed by atoms with Crippen LogP contribution in [0.1, 0.15) is 6.42 Å². The average Bonchev–Trinajstić information content (AvgIpc) is 2.27. The summed E-state index contributed by atoms with van der Waals surface area (Å²) >= 11 is 11.2. The molecule has 0 saturated heterocycles. The van der Waals surface area contributed by atoms with Crippen LogP contribution >= 0.6 is 23.2 Å². The van der Waals surface area contributed by atoms with E-state index in [9.17, 15) is 16.8 Å². The number of rotatable bonds is 6. The molecule has 0 atom stereocenters. The number of nitrogens with two attached hydrogens (primary N) is 1. The van der Waals surface area contributed by atoms with E-state index in [0.717, 1.165) is 12.3 Å². The normalized spacial score (nSPS) is 12.6. The number of sulfonamides is 2. The van der Waals surface area contributed by atoms with Gasteiger partial charge in [-0.05, 0) is 12.5 Å². The van der Waals surface area contributed by atoms with Gasteiger partial charge in [-0.15, -0.1) is 0 Å². The maximum absolute atomic E-state index is 11.8. The second-order valence-electron chi connectivity index (χ2n) is 3.56. The van der Waals surface area contributed by atoms with Crippen molar-refractivity contribution in [2.75, 3.05) is 12.3 Å². The first-order chi connectivity index (χ1) is 8.62. The molecule has 1 aromatic rings. The molecule has 1 rings (SSSR count). The van der Waals surface area contributed by atoms with Crippen molar-refractivity contribution in [3.8, 4) is 0 Å². The number of primary sulfonamides is 1. The number of hydrogen-bond donors (Lipinski definition) is 2. The molecule has 11 heteroatoms. The minimum absolute atomic E-state index is 0.00478. The standard InChI is InChI=1S/C8H11Cl2N3O4S2/c9-7-4-6(5-12-8(7)10)19(16,17)13-2-1-3-18(11,14)15/h4-5,13H,1-3H2,(H2,11,14,15). The van der Waals surface area contributed by atoms with Gasteiger partial charge in [-0.25, -0.2) is 31.7 Å². The zero-order valence-electron chi connectivity index (χ0n) is 9.51. The van der Waals surface area contributed by atoms with Gasteiger partial charge in [-0.2, -0.15) is 0 Å². The molecule has 1 heterocycles. The van der Waals surface area contributed by atoms with E-state index in [-0.39, 0.29) is 33.8 Å². The van der Waals surface area contributed by atoms with Crippen LogP contribution in [0, 0.1) is 0 Å². The summed E-state index contributed by atoms with van der Waals surface area (Å²) in [6.07, 6.45) is 1.11. The fourth-order valence-electron chi connectivity index (χ4n) is 1.11. The van der Waals surface area contributed by atoms with E-state index in [2.05, 4.69) is 9.71 Å². The van der Waals surface area contributed by atoms with Crippen molar-refractivity contribution in [2.24, 2.45) is 5.14 Å². The van der Waals surface area contributed by atoms with Gasteiger partial charge in [0.25, 0.3) is 0 Å². The Kier molecular flexibility index (Phi) is 5.53. The number of halogens is 2. The Hall–Kier alpha value is -0.450. The van der Waals surface area contributed by atoms with Gasteiger partial charge in [0.05, 0.1) is 10.8 Å². The molecule has 0 radical (unpaired) electrons. The van der Waals surface area contributed by atoms with Crippen LogP contribution in [0.2, 0.25) is 10.2 Å². The van der Waals surface area contributed by atoms with Crippen LogP contribution in [0.25, 0.3) is 0 Å². The van der Waals surface area contributed by atoms with Crippen molar-refractivity contribution in [2.45, 2.75) is 11.3 Å². The lowest BCUT2D eigenvalue weighted by Gasteiger charge is -2.06. The van der Waals surface area contributed by atoms with Crippen LogP contribution in [-0.4, -0.2) is 34.1 Å². The molecular weight excluding hydrogens is 337 g/mol. The number of pyridine rings is 1. The minimum atomic E-state index is -3.81. The van der Waals surface area contributed by atoms with Crippen LogP contribution in [-0.2, 0) is 20.0 Å². The summed E-state index contributed by atoms with van der Waals surface area (Å²) in [5.74, 6) is -0.310. The Morgan fingerprint density at radius 3 is 2.42 bits per heavy atom. The summed E-state index contributed by atoms with van der Waals surface area (Å²) in [6.45, 7) is -0.0704. The van der Waals surface area contributed by atoms with E-state index in [4.69, 9.17) is 28.3 Å². The van der Waals surface area contributed by atoms with E-state index in [1.807, 2.05) is 0 Å². The van der Waals surface area contributed by atoms with Crippen LogP contribution in [0.15, 0.2) is 17.2 Å². The largest absolute Gasteiger partial charge is 0.242 e. The second kappa shape index (κ2) is 6.33. The summed E-state index contributed by atoms with van der Waals surface area (Å²) in [5.41, 5.74) is 0. The molecule has 0 bridgehead atoms. The first-order valence-electron chi connectivity index (χ1n) is 4.93. The molecule has 0 aromatic carbocycles. The Morgan fingerprint density at radius 1 is 1.26 bits per heavy atom. The van der Waals surface area contributed by atoms with Gasteiger partial charge in [0.15, 0.2) is 0 Å². The molecule has 0 aliphatic rings. The molecule has 108 valence electrons. The summed E-state index contributed by atoms with van der Waals surface area (Å²) in [5, 5.41) is 4.79. The van der Waals surface area contributed by atoms with Gasteiger partial charge in [-0.3, -0.25) is 0 Å². The number of nitrogens with one attached hydrogen (secondary N) is 1. The zero-order chi connectivity index (χ0) is 14.7. The predicted octanol–water partition coefficient (Wildman–Crippen LogP) is 0.345. The molecule has 3 N–H and O–H groups in total. The monoisotopic (exact) mass is 347 g/mol. The van der Waals surface area contributed by atoms with Gasteiger partial charge < -0.3 is 0 Å². The SMILES string of the molecule is NS(=O)(=O)CCCNS(=O)(=O)c1cnc(Cl)c(Cl)c1. The molecule has 0 saturated carbocycles. The van der Waals surface area contributed by atoms with E-state index in [1.165, 1.54) is 0 Å². The van der Waals surface area contributed by atoms with Crippen LogP contribution in [0.4, 0.5) is 0 Å². The zero-order valence-corrected chi connectivity index (χ0v) is 12.7. The molecule has 7 nitrogen and oxygen atoms in total. The van der Waals surface area contributed by atoms with Crippen molar-refractivity contribution in [1.29, 1.82) is 0 Å². The van der Waals surface area contributed by atoms with Crippen molar-refractivity contribution < 1.29 is 16.8 Å². The first-order valence-corrected chi connectivity index (χ1v) is 8.88. The second-order valence-corrected chi connectivity index (χ2v) is 7.83. The van der Waals surface area contributed by atoms with E-state index in [1.54, 1.807) is 0 Å². The molecule has 0 aliphatic carbocycles. The lowest BCUT2D eigenvalue weighted by Crippen LogP contribution is -2.27. The van der Waals surface area contributed by atoms with E-state index in [0.29, 0.717) is 0 Å². The molecule has 0 fully saturated rings. The highest BCUT2D eigenvalue weighted by Crippen LogP contribution is 2.21. The lowest BCUT2D eigenvalue weighted by molar-refractivity contribution is 0.576. The van der Waals surface area contributed by atoms with Crippen molar-refractivity contribution in [1.82, 2.24) is 9.71 Å². The van der Waals surface area contributed by atoms with Gasteiger partial charge in [0.2, 0.25) is 20.0 Å². The molecule has 0 spiro atoms. The highest BCUT2D eigenvalue weighted by Gasteiger charge is 2.16. The predicted molar refractivity (Wildman–Crippen MR) is 72.0 cm³/mol. The average molecular weight is 348 g/mol. The van der Waals surface area contributed by atoms with Crippen LogP contribution in [0.5, 0.6) is 0 Å². The smallest absolute Gasteiger partial charge is 0.242 e. The lowest BCUT2D eigenvalue weighted by atomic mass is 10.5. The van der Waals surface area contributed by atoms with E-state index < -0.39 is 20.0 Å². The molecular formula is C8H11Cl2N3O4S2. The Balaban J connectivity index is 2.68. The molecule has 19 heavy (non-hydrogen) atoms. The van der Waals surface area contributed by atoms with Gasteiger partial charge in [0.1, 0.15) is 10.0 Å². The van der Waals surface area contributed by atoms with Crippen LogP contribution in [0.3, 0.4) is 0 Å². The van der Waals surface area contributed by atoms with Crippen molar-refractivity contribution >= 4 is 43.2 Å². The van der Waals surface area contributed by atoms with Gasteiger partial charge in [0, 0.05) is 12.7 Å². The third kappa shape index (κ3) is 5.59. The topological polar surface area (TPSA) is 119 Å². The van der Waals surface area contributed by atoms with Crippen molar-refractivity contribution in [3.63, 3.8) is 0 Å². The maximum atomic E-state index is 11.8. The molecule has 1 aromatic heterocycles. The highest BCUT2D eigenvalue weighted by molar-refractivity contribution is 7.89. The Bertz CT molecular complexity index is 661. The fourth-order valence-corrected chi connectivity index (χ4v) is 3.04. The van der Waals surface area contributed by atoms with Gasteiger partial charge in [-0.1, -0.05) is 23.2 Å². The summed E-state index contributed by atoms with van der Waals surface area (Å²) in [6, 6.07) is 1.15. The number of hydrogen-bond acceptors (Lipinski definition) is 5. The quantitative estimate of drug-likeness (QED) is 0.568. The Morgan fingerprint density at radius 2 is 1.89 bits per heavy atom. The molecule has 0 aliphatic heterocycles. The fraction of sp³-hybridized carbons (Fsp3) is 0.375. The van der Waals surface area contributed by atoms with Gasteiger partial charge >= 0.3 is 0 Å². The summed E-state index contributed by atoms with van der Waals surface area (Å²) in [7, 11) is -7.41. The summed E-state index contributed by atoms with van der Waals surface area (Å²) in [4.78, 5) is 3.46. The van der Waals surface area contributed by atoms with Crippen LogP contribution < -0.4 is 9.86 Å². The number of nitrogens with zero attached hydrogens (tertiary/aromatic N) is 1. The highest BCUT2D eigenvalue weighted by atomic mass is 35.5. The minimum Gasteiger partial charge on any atom is -0.242 e. The summed E-state index contributed by atoms with van der Waals surface area (Å²) < 4.78 is 47.1. The third-order valence-electron chi connectivity index (χ3n) is 1.98. The van der Waals surface area contributed by atoms with E-state index >= 15 is 0 Å². The molecule has 0 amide bonds. The first kappa shape index (κ1) is 16.6. The Labute approximate surface area is 121 Å². The third-order valence-corrected chi connectivity index (χ3v) is 4.95. The van der Waals surface area contributed by atoms with Crippen molar-refractivity contribution in [3.05, 3.63) is 22.4 Å². The maximum Gasteiger partial charge on any atom is 0.242 e. The number of aromatic nitrogens is 1.